The van der Waals surface area contributed by atoms with Crippen molar-refractivity contribution >= 4 is 26.5 Å². The summed E-state index contributed by atoms with van der Waals surface area (Å²) in [6, 6.07) is 3.39. The van der Waals surface area contributed by atoms with Crippen molar-refractivity contribution < 1.29 is 17.9 Å². The summed E-state index contributed by atoms with van der Waals surface area (Å²) in [4.78, 5) is -0.530. The van der Waals surface area contributed by atoms with Crippen LogP contribution in [0.4, 0.5) is 9.52 Å². The Bertz CT molecular complexity index is 715. The lowest BCUT2D eigenvalue weighted by atomic mass is 10.2. The van der Waals surface area contributed by atoms with Crippen molar-refractivity contribution in [1.29, 1.82) is 0 Å². The van der Waals surface area contributed by atoms with E-state index in [9.17, 15) is 12.8 Å². The molecular weight excluding hydrogens is 305 g/mol. The van der Waals surface area contributed by atoms with Crippen LogP contribution >= 0.6 is 11.3 Å². The van der Waals surface area contributed by atoms with Gasteiger partial charge in [-0.2, -0.15) is 0 Å². The maximum atomic E-state index is 13.6. The number of nitrogens with zero attached hydrogens (tertiary/aromatic N) is 2. The predicted octanol–water partition coefficient (Wildman–Crippen LogP) is 1.53. The summed E-state index contributed by atoms with van der Waals surface area (Å²) in [5, 5.41) is 17.2. The smallest absolute Gasteiger partial charge is 0.266 e. The molecule has 6 nitrogen and oxygen atoms in total. The molecule has 1 heterocycles. The highest BCUT2D eigenvalue weighted by Crippen LogP contribution is 2.22. The molecule has 0 radical (unpaired) electrons. The molecule has 0 unspecified atom stereocenters. The fourth-order valence-corrected chi connectivity index (χ4v) is 3.50. The van der Waals surface area contributed by atoms with Crippen molar-refractivity contribution in [3.8, 4) is 0 Å². The number of benzene rings is 1. The summed E-state index contributed by atoms with van der Waals surface area (Å²) in [7, 11) is -4.10. The first kappa shape index (κ1) is 14.8. The zero-order valence-corrected chi connectivity index (χ0v) is 12.1. The van der Waals surface area contributed by atoms with Crippen molar-refractivity contribution in [2.75, 3.05) is 4.72 Å². The number of aliphatic hydroxyl groups excluding tert-OH is 1. The third-order valence-electron chi connectivity index (χ3n) is 2.46. The van der Waals surface area contributed by atoms with Gasteiger partial charge < -0.3 is 5.11 Å². The van der Waals surface area contributed by atoms with Crippen molar-refractivity contribution in [3.05, 3.63) is 34.6 Å². The minimum atomic E-state index is -4.10. The quantitative estimate of drug-likeness (QED) is 0.872. The Morgan fingerprint density at radius 1 is 1.40 bits per heavy atom. The van der Waals surface area contributed by atoms with Gasteiger partial charge in [0, 0.05) is 0 Å². The van der Waals surface area contributed by atoms with E-state index in [0.29, 0.717) is 17.0 Å². The lowest BCUT2D eigenvalue weighted by molar-refractivity contribution is 0.281. The first-order chi connectivity index (χ1) is 9.46. The lowest BCUT2D eigenvalue weighted by Crippen LogP contribution is -2.15. The molecule has 0 amide bonds. The van der Waals surface area contributed by atoms with Gasteiger partial charge in [0.15, 0.2) is 0 Å². The van der Waals surface area contributed by atoms with Gasteiger partial charge in [0.05, 0.1) is 6.61 Å². The Balaban J connectivity index is 2.34. The summed E-state index contributed by atoms with van der Waals surface area (Å²) in [5.41, 5.74) is 0.304. The molecule has 0 bridgehead atoms. The van der Waals surface area contributed by atoms with Crippen LogP contribution < -0.4 is 4.72 Å². The first-order valence-electron chi connectivity index (χ1n) is 5.70. The summed E-state index contributed by atoms with van der Waals surface area (Å²) in [5.74, 6) is -0.894. The van der Waals surface area contributed by atoms with Crippen molar-refractivity contribution in [2.24, 2.45) is 0 Å². The summed E-state index contributed by atoms with van der Waals surface area (Å²) >= 11 is 1.09. The number of nitrogens with one attached hydrogen (secondary N) is 1. The van der Waals surface area contributed by atoms with Crippen molar-refractivity contribution in [3.63, 3.8) is 0 Å². The molecule has 2 rings (SSSR count). The van der Waals surface area contributed by atoms with Gasteiger partial charge in [-0.1, -0.05) is 24.3 Å². The fourth-order valence-electron chi connectivity index (χ4n) is 1.46. The molecule has 0 fully saturated rings. The van der Waals surface area contributed by atoms with Crippen molar-refractivity contribution in [1.82, 2.24) is 10.2 Å². The van der Waals surface area contributed by atoms with Crippen LogP contribution in [-0.2, 0) is 23.1 Å². The molecule has 0 aliphatic rings. The second kappa shape index (κ2) is 5.81. The van der Waals surface area contributed by atoms with Gasteiger partial charge in [-0.25, -0.2) is 12.8 Å². The number of hydrogen-bond acceptors (Lipinski definition) is 6. The molecule has 2 aromatic rings. The average molecular weight is 317 g/mol. The van der Waals surface area contributed by atoms with Crippen molar-refractivity contribution in [2.45, 2.75) is 24.8 Å². The monoisotopic (exact) mass is 317 g/mol. The van der Waals surface area contributed by atoms with E-state index in [1.54, 1.807) is 0 Å². The number of anilines is 1. The highest BCUT2D eigenvalue weighted by molar-refractivity contribution is 7.93. The number of hydrogen-bond donors (Lipinski definition) is 2. The van der Waals surface area contributed by atoms with Gasteiger partial charge in [-0.05, 0) is 24.1 Å². The van der Waals surface area contributed by atoms with Gasteiger partial charge in [0.2, 0.25) is 5.13 Å². The maximum Gasteiger partial charge on any atom is 0.266 e. The Hall–Kier alpha value is -1.58. The summed E-state index contributed by atoms with van der Waals surface area (Å²) < 4.78 is 40.0. The van der Waals surface area contributed by atoms with Gasteiger partial charge in [-0.3, -0.25) is 4.72 Å². The van der Waals surface area contributed by atoms with E-state index >= 15 is 0 Å². The molecule has 20 heavy (non-hydrogen) atoms. The molecule has 0 aliphatic carbocycles. The molecule has 0 saturated heterocycles. The van der Waals surface area contributed by atoms with E-state index in [2.05, 4.69) is 14.9 Å². The molecule has 0 saturated carbocycles. The van der Waals surface area contributed by atoms with Crippen LogP contribution in [0.3, 0.4) is 0 Å². The van der Waals surface area contributed by atoms with Crippen LogP contribution in [0.2, 0.25) is 0 Å². The van der Waals surface area contributed by atoms with E-state index in [1.807, 2.05) is 6.92 Å². The lowest BCUT2D eigenvalue weighted by Gasteiger charge is -2.07. The van der Waals surface area contributed by atoms with E-state index in [-0.39, 0.29) is 11.7 Å². The van der Waals surface area contributed by atoms with E-state index < -0.39 is 20.7 Å². The zero-order valence-electron chi connectivity index (χ0n) is 10.5. The number of aromatic nitrogens is 2. The van der Waals surface area contributed by atoms with Crippen LogP contribution in [0.25, 0.3) is 0 Å². The molecule has 0 spiro atoms. The average Bonchev–Trinajstić information content (AvgIpc) is 2.86. The van der Waals surface area contributed by atoms with E-state index in [0.717, 1.165) is 23.5 Å². The third kappa shape index (κ3) is 3.11. The molecule has 1 aromatic carbocycles. The Morgan fingerprint density at radius 3 is 2.75 bits per heavy atom. The van der Waals surface area contributed by atoms with Gasteiger partial charge >= 0.3 is 0 Å². The number of halogens is 1. The van der Waals surface area contributed by atoms with Gasteiger partial charge in [-0.15, -0.1) is 10.2 Å². The minimum Gasteiger partial charge on any atom is -0.392 e. The fraction of sp³-hybridized carbons (Fsp3) is 0.273. The predicted molar refractivity (Wildman–Crippen MR) is 72.4 cm³/mol. The van der Waals surface area contributed by atoms with E-state index in [1.165, 1.54) is 6.07 Å². The molecule has 0 aliphatic heterocycles. The zero-order chi connectivity index (χ0) is 14.8. The van der Waals surface area contributed by atoms with Crippen LogP contribution in [0.1, 0.15) is 17.5 Å². The molecule has 9 heteroatoms. The normalized spacial score (nSPS) is 11.6. The van der Waals surface area contributed by atoms with Gasteiger partial charge in [0.1, 0.15) is 15.7 Å². The van der Waals surface area contributed by atoms with Gasteiger partial charge in [0.25, 0.3) is 10.0 Å². The topological polar surface area (TPSA) is 92.2 Å². The number of aryl methyl sites for hydroxylation is 1. The Morgan fingerprint density at radius 2 is 2.15 bits per heavy atom. The van der Waals surface area contributed by atoms with Crippen LogP contribution in [0.5, 0.6) is 0 Å². The molecule has 0 atom stereocenters. The standard InChI is InChI=1S/C11H12FN3O3S2/c1-2-10-13-14-11(19-10)15-20(17,18)9-5-7(6-16)3-4-8(9)12/h3-5,16H,2,6H2,1H3,(H,14,15). The summed E-state index contributed by atoms with van der Waals surface area (Å²) in [6.07, 6.45) is 0.633. The SMILES string of the molecule is CCc1nnc(NS(=O)(=O)c2cc(CO)ccc2F)s1. The minimum absolute atomic E-state index is 0.0793. The number of aliphatic hydroxyl groups is 1. The second-order valence-electron chi connectivity index (χ2n) is 3.88. The molecule has 2 N–H and O–H groups in total. The molecular formula is C11H12FN3O3S2. The second-order valence-corrected chi connectivity index (χ2v) is 6.60. The number of sulfonamides is 1. The van der Waals surface area contributed by atoms with Crippen LogP contribution in [-0.4, -0.2) is 23.7 Å². The molecule has 108 valence electrons. The highest BCUT2D eigenvalue weighted by atomic mass is 32.2. The van der Waals surface area contributed by atoms with Crippen LogP contribution in [0.15, 0.2) is 23.1 Å². The Labute approximate surface area is 119 Å². The number of rotatable bonds is 5. The van der Waals surface area contributed by atoms with Crippen LogP contribution in [0, 0.1) is 5.82 Å². The maximum absolute atomic E-state index is 13.6. The first-order valence-corrected chi connectivity index (χ1v) is 8.00. The molecule has 1 aromatic heterocycles. The largest absolute Gasteiger partial charge is 0.392 e. The third-order valence-corrected chi connectivity index (χ3v) is 4.92. The summed E-state index contributed by atoms with van der Waals surface area (Å²) in [6.45, 7) is 1.49. The Kier molecular flexibility index (Phi) is 4.31. The highest BCUT2D eigenvalue weighted by Gasteiger charge is 2.21. The van der Waals surface area contributed by atoms with E-state index in [4.69, 9.17) is 5.11 Å².